The van der Waals surface area contributed by atoms with E-state index in [0.29, 0.717) is 43.6 Å². The third-order valence-electron chi connectivity index (χ3n) is 7.12. The van der Waals surface area contributed by atoms with Gasteiger partial charge in [0.2, 0.25) is 0 Å². The Morgan fingerprint density at radius 3 is 2.68 bits per heavy atom. The van der Waals surface area contributed by atoms with Crippen molar-refractivity contribution < 1.29 is 19.1 Å². The summed E-state index contributed by atoms with van der Waals surface area (Å²) in [5, 5.41) is 15.0. The van der Waals surface area contributed by atoms with Crippen LogP contribution >= 0.6 is 11.6 Å². The van der Waals surface area contributed by atoms with Gasteiger partial charge in [-0.3, -0.25) is 23.6 Å². The van der Waals surface area contributed by atoms with Gasteiger partial charge in [-0.2, -0.15) is 5.10 Å². The number of aromatic nitrogens is 3. The Balaban J connectivity index is 1.53. The molecule has 5 rings (SSSR count). The molecule has 37 heavy (non-hydrogen) atoms. The van der Waals surface area contributed by atoms with E-state index in [1.807, 2.05) is 19.2 Å². The SMILES string of the molecule is CC1CCCN(CCn2cccn2)C(=O)c2c3c(c(O)c(=O)n21)C(=O)N(Cc1ccc(F)c(Cl)c1)CC3. The lowest BCUT2D eigenvalue weighted by Crippen LogP contribution is -2.45. The maximum atomic E-state index is 13.9. The molecule has 2 amide bonds. The lowest BCUT2D eigenvalue weighted by molar-refractivity contribution is 0.0698. The topological polar surface area (TPSA) is 101 Å². The quantitative estimate of drug-likeness (QED) is 0.549. The van der Waals surface area contributed by atoms with E-state index in [1.165, 1.54) is 27.7 Å². The molecule has 9 nitrogen and oxygen atoms in total. The molecule has 11 heteroatoms. The third-order valence-corrected chi connectivity index (χ3v) is 7.41. The van der Waals surface area contributed by atoms with Crippen molar-refractivity contribution in [3.8, 4) is 5.75 Å². The van der Waals surface area contributed by atoms with Gasteiger partial charge in [-0.25, -0.2) is 4.39 Å². The van der Waals surface area contributed by atoms with Crippen molar-refractivity contribution in [2.24, 2.45) is 0 Å². The first kappa shape index (κ1) is 25.0. The molecule has 3 aromatic rings. The number of pyridine rings is 1. The summed E-state index contributed by atoms with van der Waals surface area (Å²) >= 11 is 5.89. The van der Waals surface area contributed by atoms with Crippen molar-refractivity contribution in [1.29, 1.82) is 0 Å². The van der Waals surface area contributed by atoms with Crippen LogP contribution in [0.2, 0.25) is 5.02 Å². The molecule has 2 aromatic heterocycles. The maximum absolute atomic E-state index is 13.9. The molecule has 0 saturated carbocycles. The van der Waals surface area contributed by atoms with Crippen LogP contribution < -0.4 is 5.56 Å². The Kier molecular flexibility index (Phi) is 6.76. The summed E-state index contributed by atoms with van der Waals surface area (Å²) in [6.45, 7) is 3.63. The Hall–Kier alpha value is -3.66. The van der Waals surface area contributed by atoms with Gasteiger partial charge in [-0.05, 0) is 49.9 Å². The second-order valence-corrected chi connectivity index (χ2v) is 9.91. The van der Waals surface area contributed by atoms with Crippen LogP contribution in [0.1, 0.15) is 57.8 Å². The summed E-state index contributed by atoms with van der Waals surface area (Å²) in [5.74, 6) is -2.09. The molecule has 1 N–H and O–H groups in total. The summed E-state index contributed by atoms with van der Waals surface area (Å²) in [6, 6.07) is 5.69. The molecule has 194 valence electrons. The molecular weight excluding hydrogens is 501 g/mol. The van der Waals surface area contributed by atoms with Gasteiger partial charge >= 0.3 is 0 Å². The van der Waals surface area contributed by atoms with Crippen LogP contribution in [0.15, 0.2) is 41.5 Å². The lowest BCUT2D eigenvalue weighted by Gasteiger charge is -2.35. The van der Waals surface area contributed by atoms with Crippen molar-refractivity contribution in [3.05, 3.63) is 80.2 Å². The van der Waals surface area contributed by atoms with E-state index in [4.69, 9.17) is 11.6 Å². The molecule has 0 bridgehead atoms. The number of benzene rings is 1. The van der Waals surface area contributed by atoms with E-state index in [9.17, 15) is 23.9 Å². The molecule has 1 atom stereocenters. The van der Waals surface area contributed by atoms with Gasteiger partial charge in [0.25, 0.3) is 17.4 Å². The van der Waals surface area contributed by atoms with Crippen LogP contribution in [-0.2, 0) is 19.5 Å². The summed E-state index contributed by atoms with van der Waals surface area (Å²) in [5.41, 5.74) is 0.286. The highest BCUT2D eigenvalue weighted by Gasteiger charge is 2.37. The second-order valence-electron chi connectivity index (χ2n) is 9.50. The number of fused-ring (bicyclic) bond motifs is 3. The number of rotatable bonds is 5. The van der Waals surface area contributed by atoms with E-state index in [1.54, 1.807) is 15.8 Å². The molecule has 2 aliphatic heterocycles. The molecular formula is C26H27ClFN5O4. The van der Waals surface area contributed by atoms with E-state index < -0.39 is 23.0 Å². The van der Waals surface area contributed by atoms with Gasteiger partial charge < -0.3 is 14.9 Å². The fraction of sp³-hybridized carbons (Fsp3) is 0.385. The second kappa shape index (κ2) is 10.0. The largest absolute Gasteiger partial charge is 0.502 e. The van der Waals surface area contributed by atoms with Crippen LogP contribution in [0.25, 0.3) is 0 Å². The maximum Gasteiger partial charge on any atom is 0.294 e. The number of hydrogen-bond acceptors (Lipinski definition) is 5. The average molecular weight is 528 g/mol. The first-order chi connectivity index (χ1) is 17.8. The van der Waals surface area contributed by atoms with Crippen molar-refractivity contribution in [1.82, 2.24) is 24.1 Å². The van der Waals surface area contributed by atoms with Gasteiger partial charge in [-0.15, -0.1) is 0 Å². The molecule has 1 aromatic carbocycles. The zero-order valence-corrected chi connectivity index (χ0v) is 21.1. The molecule has 0 spiro atoms. The average Bonchev–Trinajstić information content (AvgIpc) is 3.39. The first-order valence-corrected chi connectivity index (χ1v) is 12.6. The van der Waals surface area contributed by atoms with Crippen LogP contribution in [0.5, 0.6) is 5.75 Å². The van der Waals surface area contributed by atoms with Gasteiger partial charge in [0.15, 0.2) is 5.75 Å². The first-order valence-electron chi connectivity index (χ1n) is 12.3. The van der Waals surface area contributed by atoms with Crippen LogP contribution in [-0.4, -0.2) is 60.7 Å². The number of amides is 2. The molecule has 0 saturated heterocycles. The Labute approximate surface area is 217 Å². The predicted octanol–water partition coefficient (Wildman–Crippen LogP) is 3.24. The molecule has 0 fully saturated rings. The minimum atomic E-state index is -0.747. The highest BCUT2D eigenvalue weighted by Crippen LogP contribution is 2.32. The van der Waals surface area contributed by atoms with Gasteiger partial charge in [0, 0.05) is 50.2 Å². The Morgan fingerprint density at radius 2 is 1.95 bits per heavy atom. The van der Waals surface area contributed by atoms with Gasteiger partial charge in [0.05, 0.1) is 17.1 Å². The Morgan fingerprint density at radius 1 is 1.14 bits per heavy atom. The normalized spacial score (nSPS) is 17.9. The smallest absolute Gasteiger partial charge is 0.294 e. The zero-order valence-electron chi connectivity index (χ0n) is 20.4. The molecule has 0 radical (unpaired) electrons. The summed E-state index contributed by atoms with van der Waals surface area (Å²) in [4.78, 5) is 43.9. The molecule has 2 aliphatic rings. The highest BCUT2D eigenvalue weighted by atomic mass is 35.5. The van der Waals surface area contributed by atoms with E-state index in [0.717, 1.165) is 0 Å². The van der Waals surface area contributed by atoms with Crippen molar-refractivity contribution in [2.45, 2.75) is 45.3 Å². The van der Waals surface area contributed by atoms with Gasteiger partial charge in [0.1, 0.15) is 11.5 Å². The third kappa shape index (κ3) is 4.61. The fourth-order valence-electron chi connectivity index (χ4n) is 5.20. The summed E-state index contributed by atoms with van der Waals surface area (Å²) in [7, 11) is 0. The van der Waals surface area contributed by atoms with Crippen molar-refractivity contribution in [3.63, 3.8) is 0 Å². The minimum Gasteiger partial charge on any atom is -0.502 e. The van der Waals surface area contributed by atoms with Crippen LogP contribution in [0.4, 0.5) is 4.39 Å². The molecule has 0 aliphatic carbocycles. The van der Waals surface area contributed by atoms with E-state index >= 15 is 0 Å². The monoisotopic (exact) mass is 527 g/mol. The van der Waals surface area contributed by atoms with Gasteiger partial charge in [-0.1, -0.05) is 17.7 Å². The summed E-state index contributed by atoms with van der Waals surface area (Å²) < 4.78 is 16.7. The zero-order chi connectivity index (χ0) is 26.3. The van der Waals surface area contributed by atoms with Crippen molar-refractivity contribution >= 4 is 23.4 Å². The number of carbonyl (C=O) groups is 2. The van der Waals surface area contributed by atoms with Crippen LogP contribution in [0, 0.1) is 5.82 Å². The standard InChI is InChI=1S/C26H27ClFN5O4/c1-16-4-2-9-30(12-13-32-10-3-8-29-32)25(36)22-18-7-11-31(15-17-5-6-20(28)19(27)14-17)24(35)21(18)23(34)26(37)33(16)22/h3,5-6,8,10,14,16,34H,2,4,7,9,11-13,15H2,1H3. The van der Waals surface area contributed by atoms with E-state index in [-0.39, 0.29) is 47.7 Å². The van der Waals surface area contributed by atoms with E-state index in [2.05, 4.69) is 5.10 Å². The molecule has 1 unspecified atom stereocenters. The highest BCUT2D eigenvalue weighted by molar-refractivity contribution is 6.30. The molecule has 4 heterocycles. The number of halogens is 2. The lowest BCUT2D eigenvalue weighted by atomic mass is 9.93. The van der Waals surface area contributed by atoms with Crippen LogP contribution in [0.3, 0.4) is 0 Å². The minimum absolute atomic E-state index is 0.0559. The Bertz CT molecular complexity index is 1420. The number of hydrogen-bond donors (Lipinski definition) is 1. The van der Waals surface area contributed by atoms with Crippen molar-refractivity contribution in [2.75, 3.05) is 19.6 Å². The fourth-order valence-corrected chi connectivity index (χ4v) is 5.40. The number of aromatic hydroxyl groups is 1. The predicted molar refractivity (Wildman–Crippen MR) is 134 cm³/mol. The number of nitrogens with zero attached hydrogens (tertiary/aromatic N) is 5. The summed E-state index contributed by atoms with van der Waals surface area (Å²) in [6.07, 6.45) is 5.11. The number of carbonyl (C=O) groups excluding carboxylic acids is 2.